The van der Waals surface area contributed by atoms with Crippen molar-refractivity contribution < 1.29 is 4.79 Å². The summed E-state index contributed by atoms with van der Waals surface area (Å²) in [6, 6.07) is 2.88. The van der Waals surface area contributed by atoms with Gasteiger partial charge in [-0.25, -0.2) is 9.97 Å². The maximum atomic E-state index is 12.0. The lowest BCUT2D eigenvalue weighted by atomic mass is 10.0. The van der Waals surface area contributed by atoms with Gasteiger partial charge in [0, 0.05) is 56.2 Å². The van der Waals surface area contributed by atoms with Crippen LogP contribution in [0.3, 0.4) is 0 Å². The van der Waals surface area contributed by atoms with Gasteiger partial charge >= 0.3 is 0 Å². The number of aryl methyl sites for hydroxylation is 2. The predicted molar refractivity (Wildman–Crippen MR) is 103 cm³/mol. The molecule has 8 heteroatoms. The summed E-state index contributed by atoms with van der Waals surface area (Å²) in [5.74, 6) is 0.867. The molecule has 8 nitrogen and oxygen atoms in total. The van der Waals surface area contributed by atoms with Crippen LogP contribution in [0.25, 0.3) is 0 Å². The van der Waals surface area contributed by atoms with Gasteiger partial charge < -0.3 is 15.5 Å². The highest BCUT2D eigenvalue weighted by atomic mass is 16.2. The lowest BCUT2D eigenvalue weighted by Gasteiger charge is -2.28. The van der Waals surface area contributed by atoms with Gasteiger partial charge in [-0.05, 0) is 39.2 Å². The minimum atomic E-state index is -0.247. The fourth-order valence-electron chi connectivity index (χ4n) is 4.10. The minimum absolute atomic E-state index is 0.239. The molecule has 1 unspecified atom stereocenters. The molecule has 0 bridgehead atoms. The average molecular weight is 369 g/mol. The van der Waals surface area contributed by atoms with Crippen molar-refractivity contribution in [2.45, 2.75) is 51.7 Å². The van der Waals surface area contributed by atoms with Crippen molar-refractivity contribution in [3.8, 4) is 0 Å². The number of nitrogens with one attached hydrogen (secondary N) is 2. The van der Waals surface area contributed by atoms with Gasteiger partial charge in [0.05, 0.1) is 5.69 Å². The highest BCUT2D eigenvalue weighted by Crippen LogP contribution is 2.28. The zero-order chi connectivity index (χ0) is 19.0. The molecule has 1 saturated heterocycles. The van der Waals surface area contributed by atoms with Crippen LogP contribution in [-0.2, 0) is 6.54 Å². The van der Waals surface area contributed by atoms with Gasteiger partial charge in [0.1, 0.15) is 5.82 Å². The fourth-order valence-corrected chi connectivity index (χ4v) is 4.10. The topological polar surface area (TPSA) is 88.0 Å². The third-order valence-electron chi connectivity index (χ3n) is 5.69. The van der Waals surface area contributed by atoms with E-state index in [0.717, 1.165) is 56.0 Å². The highest BCUT2D eigenvalue weighted by Gasteiger charge is 2.30. The second kappa shape index (κ2) is 7.26. The first-order chi connectivity index (χ1) is 13.1. The minimum Gasteiger partial charge on any atom is -0.355 e. The van der Waals surface area contributed by atoms with Gasteiger partial charge in [-0.2, -0.15) is 5.10 Å². The third-order valence-corrected chi connectivity index (χ3v) is 5.69. The molecule has 2 atom stereocenters. The van der Waals surface area contributed by atoms with Crippen molar-refractivity contribution >= 4 is 11.7 Å². The van der Waals surface area contributed by atoms with Crippen LogP contribution < -0.4 is 15.5 Å². The number of hydrogen-bond donors (Lipinski definition) is 2. The zero-order valence-corrected chi connectivity index (χ0v) is 16.2. The SMILES string of the molecule is CNC(=O)c1nc(C)c(C)c(N2CC[C@@H](NC3CCCn4nccc43)C2)n1. The van der Waals surface area contributed by atoms with E-state index in [9.17, 15) is 4.79 Å². The number of rotatable bonds is 4. The van der Waals surface area contributed by atoms with Crippen LogP contribution in [0.2, 0.25) is 0 Å². The molecule has 144 valence electrons. The van der Waals surface area contributed by atoms with Gasteiger partial charge in [-0.3, -0.25) is 9.48 Å². The summed E-state index contributed by atoms with van der Waals surface area (Å²) >= 11 is 0. The van der Waals surface area contributed by atoms with E-state index in [0.29, 0.717) is 12.1 Å². The molecule has 4 rings (SSSR count). The molecule has 27 heavy (non-hydrogen) atoms. The summed E-state index contributed by atoms with van der Waals surface area (Å²) in [5, 5.41) is 10.8. The largest absolute Gasteiger partial charge is 0.355 e. The molecule has 1 fully saturated rings. The lowest BCUT2D eigenvalue weighted by molar-refractivity contribution is 0.0952. The molecule has 0 spiro atoms. The van der Waals surface area contributed by atoms with Crippen LogP contribution in [0.5, 0.6) is 0 Å². The molecular formula is C19H27N7O. The number of hydrogen-bond acceptors (Lipinski definition) is 6. The van der Waals surface area contributed by atoms with E-state index in [1.807, 2.05) is 20.0 Å². The summed E-state index contributed by atoms with van der Waals surface area (Å²) < 4.78 is 2.11. The monoisotopic (exact) mass is 369 g/mol. The third kappa shape index (κ3) is 3.41. The molecule has 2 aliphatic rings. The number of nitrogens with zero attached hydrogens (tertiary/aromatic N) is 5. The van der Waals surface area contributed by atoms with Crippen molar-refractivity contribution in [1.82, 2.24) is 30.4 Å². The second-order valence-corrected chi connectivity index (χ2v) is 7.43. The van der Waals surface area contributed by atoms with E-state index in [4.69, 9.17) is 0 Å². The first-order valence-corrected chi connectivity index (χ1v) is 9.67. The predicted octanol–water partition coefficient (Wildman–Crippen LogP) is 1.35. The van der Waals surface area contributed by atoms with Gasteiger partial charge in [-0.15, -0.1) is 0 Å². The summed E-state index contributed by atoms with van der Waals surface area (Å²) in [6.07, 6.45) is 5.25. The van der Waals surface area contributed by atoms with Crippen LogP contribution >= 0.6 is 0 Å². The molecule has 0 aromatic carbocycles. The van der Waals surface area contributed by atoms with Gasteiger partial charge in [0.15, 0.2) is 0 Å². The van der Waals surface area contributed by atoms with Crippen molar-refractivity contribution in [3.63, 3.8) is 0 Å². The number of amides is 1. The highest BCUT2D eigenvalue weighted by molar-refractivity contribution is 5.90. The molecule has 1 amide bonds. The fraction of sp³-hybridized carbons (Fsp3) is 0.579. The Labute approximate surface area is 159 Å². The van der Waals surface area contributed by atoms with Gasteiger partial charge in [0.2, 0.25) is 5.82 Å². The standard InChI is InChI=1S/C19H27N7O/c1-12-13(2)22-17(19(27)20-3)24-18(12)25-10-7-14(11-25)23-15-5-4-9-26-16(15)6-8-21-26/h6,8,14-15,23H,4-5,7,9-11H2,1-3H3,(H,20,27)/t14-,15?/m1/s1. The van der Waals surface area contributed by atoms with E-state index in [1.54, 1.807) is 7.05 Å². The molecule has 2 aromatic heterocycles. The molecular weight excluding hydrogens is 342 g/mol. The number of anilines is 1. The van der Waals surface area contributed by atoms with Gasteiger partial charge in [-0.1, -0.05) is 0 Å². The normalized spacial score (nSPS) is 22.0. The average Bonchev–Trinajstić information content (AvgIpc) is 3.33. The van der Waals surface area contributed by atoms with Crippen LogP contribution in [0, 0.1) is 13.8 Å². The molecule has 0 saturated carbocycles. The van der Waals surface area contributed by atoms with E-state index < -0.39 is 0 Å². The summed E-state index contributed by atoms with van der Waals surface area (Å²) in [7, 11) is 1.60. The van der Waals surface area contributed by atoms with E-state index >= 15 is 0 Å². The first kappa shape index (κ1) is 17.9. The molecule has 2 N–H and O–H groups in total. The Hall–Kier alpha value is -2.48. The Balaban J connectivity index is 1.49. The molecule has 0 radical (unpaired) electrons. The zero-order valence-electron chi connectivity index (χ0n) is 16.2. The van der Waals surface area contributed by atoms with E-state index in [-0.39, 0.29) is 11.7 Å². The van der Waals surface area contributed by atoms with Crippen molar-refractivity contribution in [2.75, 3.05) is 25.0 Å². The quantitative estimate of drug-likeness (QED) is 0.846. The lowest BCUT2D eigenvalue weighted by Crippen LogP contribution is -2.38. The Morgan fingerprint density at radius 2 is 2.07 bits per heavy atom. The van der Waals surface area contributed by atoms with Crippen LogP contribution in [0.15, 0.2) is 12.3 Å². The Morgan fingerprint density at radius 3 is 2.89 bits per heavy atom. The summed E-state index contributed by atoms with van der Waals surface area (Å²) in [6.45, 7) is 6.78. The van der Waals surface area contributed by atoms with Gasteiger partial charge in [0.25, 0.3) is 5.91 Å². The van der Waals surface area contributed by atoms with Crippen molar-refractivity contribution in [1.29, 1.82) is 0 Å². The first-order valence-electron chi connectivity index (χ1n) is 9.67. The smallest absolute Gasteiger partial charge is 0.288 e. The summed E-state index contributed by atoms with van der Waals surface area (Å²) in [5.41, 5.74) is 3.18. The Kier molecular flexibility index (Phi) is 4.82. The molecule has 0 aliphatic carbocycles. The Morgan fingerprint density at radius 1 is 1.22 bits per heavy atom. The number of carbonyl (C=O) groups excluding carboxylic acids is 1. The van der Waals surface area contributed by atoms with Crippen molar-refractivity contribution in [3.05, 3.63) is 35.0 Å². The van der Waals surface area contributed by atoms with Crippen LogP contribution in [-0.4, -0.2) is 51.8 Å². The van der Waals surface area contributed by atoms with Crippen molar-refractivity contribution in [2.24, 2.45) is 0 Å². The van der Waals surface area contributed by atoms with Crippen LogP contribution in [0.1, 0.15) is 52.9 Å². The Bertz CT molecular complexity index is 847. The molecule has 4 heterocycles. The summed E-state index contributed by atoms with van der Waals surface area (Å²) in [4.78, 5) is 23.1. The number of fused-ring (bicyclic) bond motifs is 1. The van der Waals surface area contributed by atoms with Crippen LogP contribution in [0.4, 0.5) is 5.82 Å². The second-order valence-electron chi connectivity index (χ2n) is 7.43. The maximum Gasteiger partial charge on any atom is 0.288 e. The molecule has 2 aromatic rings. The molecule has 2 aliphatic heterocycles. The van der Waals surface area contributed by atoms with E-state index in [2.05, 4.69) is 41.3 Å². The maximum absolute atomic E-state index is 12.0. The van der Waals surface area contributed by atoms with E-state index in [1.165, 1.54) is 5.69 Å². The number of aromatic nitrogens is 4. The number of carbonyl (C=O) groups is 1.